The minimum Gasteiger partial charge on any atom is -0.493 e. The average molecular weight is 398 g/mol. The van der Waals surface area contributed by atoms with E-state index in [0.29, 0.717) is 17.2 Å². The fraction of sp³-hybridized carbons (Fsp3) is 0.318. The standard InChI is InChI=1S/C22H26N2O5/c1-26-19-14-16(15-20(27-2)22(19)28-3)4-9-21(25)23-17-5-7-18(8-6-17)24-10-12-29-13-11-24/h4-9,14-15H,10-13H2,1-3H3,(H,23,25)/b9-4+. The molecule has 0 aromatic heterocycles. The van der Waals surface area contributed by atoms with E-state index in [1.807, 2.05) is 24.3 Å². The predicted octanol–water partition coefficient (Wildman–Crippen LogP) is 3.20. The fourth-order valence-corrected chi connectivity index (χ4v) is 3.13. The number of amides is 1. The van der Waals surface area contributed by atoms with Gasteiger partial charge in [0.2, 0.25) is 11.7 Å². The van der Waals surface area contributed by atoms with Crippen LogP contribution in [0.15, 0.2) is 42.5 Å². The molecule has 154 valence electrons. The highest BCUT2D eigenvalue weighted by Crippen LogP contribution is 2.38. The first-order valence-electron chi connectivity index (χ1n) is 9.36. The second-order valence-electron chi connectivity index (χ2n) is 6.43. The largest absolute Gasteiger partial charge is 0.493 e. The van der Waals surface area contributed by atoms with Gasteiger partial charge in [-0.25, -0.2) is 0 Å². The molecule has 0 spiro atoms. The number of hydrogen-bond donors (Lipinski definition) is 1. The van der Waals surface area contributed by atoms with Crippen molar-refractivity contribution in [3.05, 3.63) is 48.0 Å². The topological polar surface area (TPSA) is 69.3 Å². The Bertz CT molecular complexity index is 833. The van der Waals surface area contributed by atoms with Gasteiger partial charge in [0.05, 0.1) is 34.5 Å². The van der Waals surface area contributed by atoms with Crippen LogP contribution in [0.5, 0.6) is 17.2 Å². The van der Waals surface area contributed by atoms with Gasteiger partial charge in [0.1, 0.15) is 0 Å². The molecule has 7 heteroatoms. The van der Waals surface area contributed by atoms with Crippen molar-refractivity contribution in [2.45, 2.75) is 0 Å². The van der Waals surface area contributed by atoms with Crippen molar-refractivity contribution in [1.29, 1.82) is 0 Å². The maximum absolute atomic E-state index is 12.3. The van der Waals surface area contributed by atoms with E-state index in [1.54, 1.807) is 39.5 Å². The Labute approximate surface area is 170 Å². The minimum atomic E-state index is -0.224. The van der Waals surface area contributed by atoms with Crippen LogP contribution in [-0.4, -0.2) is 53.5 Å². The summed E-state index contributed by atoms with van der Waals surface area (Å²) >= 11 is 0. The van der Waals surface area contributed by atoms with Crippen LogP contribution < -0.4 is 24.4 Å². The summed E-state index contributed by atoms with van der Waals surface area (Å²) in [5, 5.41) is 2.87. The van der Waals surface area contributed by atoms with Gasteiger partial charge in [-0.15, -0.1) is 0 Å². The van der Waals surface area contributed by atoms with E-state index in [2.05, 4.69) is 10.2 Å². The highest BCUT2D eigenvalue weighted by atomic mass is 16.5. The molecule has 7 nitrogen and oxygen atoms in total. The Morgan fingerprint density at radius 1 is 1.00 bits per heavy atom. The predicted molar refractivity (Wildman–Crippen MR) is 113 cm³/mol. The molecule has 1 aliphatic heterocycles. The third-order valence-corrected chi connectivity index (χ3v) is 4.63. The first kappa shape index (κ1) is 20.5. The molecule has 3 rings (SSSR count). The molecule has 1 heterocycles. The number of morpholine rings is 1. The molecule has 2 aromatic carbocycles. The molecule has 1 N–H and O–H groups in total. The summed E-state index contributed by atoms with van der Waals surface area (Å²) in [7, 11) is 4.66. The Hall–Kier alpha value is -3.19. The summed E-state index contributed by atoms with van der Waals surface area (Å²) < 4.78 is 21.3. The van der Waals surface area contributed by atoms with Crippen LogP contribution in [-0.2, 0) is 9.53 Å². The van der Waals surface area contributed by atoms with Crippen molar-refractivity contribution < 1.29 is 23.7 Å². The first-order valence-corrected chi connectivity index (χ1v) is 9.36. The third-order valence-electron chi connectivity index (χ3n) is 4.63. The molecule has 0 radical (unpaired) electrons. The van der Waals surface area contributed by atoms with E-state index in [0.717, 1.165) is 43.2 Å². The highest BCUT2D eigenvalue weighted by Gasteiger charge is 2.13. The SMILES string of the molecule is COc1cc(/C=C/C(=O)Nc2ccc(N3CCOCC3)cc2)cc(OC)c1OC. The minimum absolute atomic E-state index is 0.224. The summed E-state index contributed by atoms with van der Waals surface area (Å²) in [5.74, 6) is 1.35. The number of carbonyl (C=O) groups is 1. The molecule has 1 amide bonds. The molecule has 0 unspecified atom stereocenters. The molecule has 1 aliphatic rings. The highest BCUT2D eigenvalue weighted by molar-refractivity contribution is 6.02. The molecule has 0 bridgehead atoms. The van der Waals surface area contributed by atoms with E-state index in [1.165, 1.54) is 6.08 Å². The summed E-state index contributed by atoms with van der Waals surface area (Å²) in [4.78, 5) is 14.6. The molecular weight excluding hydrogens is 372 g/mol. The maximum atomic E-state index is 12.3. The van der Waals surface area contributed by atoms with Crippen molar-refractivity contribution in [3.63, 3.8) is 0 Å². The van der Waals surface area contributed by atoms with Crippen molar-refractivity contribution in [2.75, 3.05) is 57.8 Å². The number of carbonyl (C=O) groups excluding carboxylic acids is 1. The van der Waals surface area contributed by atoms with E-state index in [9.17, 15) is 4.79 Å². The van der Waals surface area contributed by atoms with E-state index >= 15 is 0 Å². The van der Waals surface area contributed by atoms with Gasteiger partial charge in [-0.05, 0) is 48.0 Å². The number of nitrogens with one attached hydrogen (secondary N) is 1. The van der Waals surface area contributed by atoms with Crippen molar-refractivity contribution in [1.82, 2.24) is 0 Å². The Morgan fingerprint density at radius 2 is 1.62 bits per heavy atom. The van der Waals surface area contributed by atoms with Crippen LogP contribution in [0.1, 0.15) is 5.56 Å². The fourth-order valence-electron chi connectivity index (χ4n) is 3.13. The summed E-state index contributed by atoms with van der Waals surface area (Å²) in [5.41, 5.74) is 2.62. The van der Waals surface area contributed by atoms with Gasteiger partial charge < -0.3 is 29.2 Å². The third kappa shape index (κ3) is 5.20. The smallest absolute Gasteiger partial charge is 0.248 e. The van der Waals surface area contributed by atoms with Crippen molar-refractivity contribution in [2.24, 2.45) is 0 Å². The second kappa shape index (κ2) is 9.84. The quantitative estimate of drug-likeness (QED) is 0.723. The number of anilines is 2. The van der Waals surface area contributed by atoms with Crippen LogP contribution in [0.3, 0.4) is 0 Å². The zero-order chi connectivity index (χ0) is 20.6. The van der Waals surface area contributed by atoms with Gasteiger partial charge >= 0.3 is 0 Å². The number of methoxy groups -OCH3 is 3. The molecule has 29 heavy (non-hydrogen) atoms. The zero-order valence-corrected chi connectivity index (χ0v) is 16.9. The van der Waals surface area contributed by atoms with Gasteiger partial charge in [0.25, 0.3) is 0 Å². The summed E-state index contributed by atoms with van der Waals surface area (Å²) in [6, 6.07) is 11.4. The van der Waals surface area contributed by atoms with Crippen LogP contribution in [0.4, 0.5) is 11.4 Å². The normalized spacial score (nSPS) is 14.0. The van der Waals surface area contributed by atoms with Gasteiger partial charge in [-0.2, -0.15) is 0 Å². The molecule has 0 aliphatic carbocycles. The van der Waals surface area contributed by atoms with Gasteiger partial charge in [-0.1, -0.05) is 0 Å². The van der Waals surface area contributed by atoms with Crippen molar-refractivity contribution in [3.8, 4) is 17.2 Å². The lowest BCUT2D eigenvalue weighted by Gasteiger charge is -2.28. The Kier molecular flexibility index (Phi) is 6.97. The summed E-state index contributed by atoms with van der Waals surface area (Å²) in [6.07, 6.45) is 3.17. The van der Waals surface area contributed by atoms with E-state index in [-0.39, 0.29) is 5.91 Å². The molecular formula is C22H26N2O5. The molecule has 1 fully saturated rings. The Morgan fingerprint density at radius 3 is 2.17 bits per heavy atom. The second-order valence-corrected chi connectivity index (χ2v) is 6.43. The summed E-state index contributed by atoms with van der Waals surface area (Å²) in [6.45, 7) is 3.24. The number of hydrogen-bond acceptors (Lipinski definition) is 6. The molecule has 1 saturated heterocycles. The Balaban J connectivity index is 1.65. The van der Waals surface area contributed by atoms with E-state index in [4.69, 9.17) is 18.9 Å². The van der Waals surface area contributed by atoms with Gasteiger partial charge in [0, 0.05) is 30.5 Å². The number of rotatable bonds is 7. The maximum Gasteiger partial charge on any atom is 0.248 e. The lowest BCUT2D eigenvalue weighted by molar-refractivity contribution is -0.111. The van der Waals surface area contributed by atoms with Crippen LogP contribution in [0.25, 0.3) is 6.08 Å². The lowest BCUT2D eigenvalue weighted by atomic mass is 10.1. The van der Waals surface area contributed by atoms with Gasteiger partial charge in [-0.3, -0.25) is 4.79 Å². The first-order chi connectivity index (χ1) is 14.1. The van der Waals surface area contributed by atoms with Crippen LogP contribution >= 0.6 is 0 Å². The van der Waals surface area contributed by atoms with Crippen molar-refractivity contribution >= 4 is 23.4 Å². The molecule has 0 atom stereocenters. The van der Waals surface area contributed by atoms with Crippen LogP contribution in [0.2, 0.25) is 0 Å². The number of ether oxygens (including phenoxy) is 4. The average Bonchev–Trinajstić information content (AvgIpc) is 2.78. The number of benzene rings is 2. The molecule has 0 saturated carbocycles. The zero-order valence-electron chi connectivity index (χ0n) is 16.9. The molecule has 2 aromatic rings. The van der Waals surface area contributed by atoms with E-state index < -0.39 is 0 Å². The van der Waals surface area contributed by atoms with Gasteiger partial charge in [0.15, 0.2) is 11.5 Å². The monoisotopic (exact) mass is 398 g/mol. The van der Waals surface area contributed by atoms with Crippen LogP contribution in [0, 0.1) is 0 Å². The lowest BCUT2D eigenvalue weighted by Crippen LogP contribution is -2.36. The number of nitrogens with zero attached hydrogens (tertiary/aromatic N) is 1.